The molecule has 1 aromatic rings. The van der Waals surface area contributed by atoms with Crippen LogP contribution in [0.1, 0.15) is 74.0 Å². The van der Waals surface area contributed by atoms with E-state index in [1.807, 2.05) is 12.1 Å². The van der Waals surface area contributed by atoms with Crippen LogP contribution in [0.3, 0.4) is 0 Å². The molecule has 0 aliphatic carbocycles. The number of rotatable bonds is 7. The van der Waals surface area contributed by atoms with E-state index in [0.717, 1.165) is 42.4 Å². The van der Waals surface area contributed by atoms with Crippen LogP contribution in [0.5, 0.6) is 0 Å². The SMILES string of the molecule is CC(C)C(C)(C)[Si](C)(C)C#CCCCCc1cc(CO)cc2c1C(=O)OC2. The lowest BCUT2D eigenvalue weighted by molar-refractivity contribution is 0.0534. The number of esters is 1. The molecule has 1 aromatic carbocycles. The van der Waals surface area contributed by atoms with Crippen LogP contribution < -0.4 is 0 Å². The molecule has 0 spiro atoms. The number of benzene rings is 1. The molecule has 1 N–H and O–H groups in total. The van der Waals surface area contributed by atoms with Gasteiger partial charge in [0, 0.05) is 12.0 Å². The van der Waals surface area contributed by atoms with E-state index in [9.17, 15) is 9.90 Å². The number of carbonyl (C=O) groups is 1. The third-order valence-corrected chi connectivity index (χ3v) is 11.2. The zero-order valence-corrected chi connectivity index (χ0v) is 18.7. The maximum Gasteiger partial charge on any atom is 0.339 e. The Kier molecular flexibility index (Phi) is 6.94. The Balaban J connectivity index is 1.94. The first-order valence-corrected chi connectivity index (χ1v) is 13.0. The van der Waals surface area contributed by atoms with Crippen LogP contribution in [0, 0.1) is 17.4 Å². The summed E-state index contributed by atoms with van der Waals surface area (Å²) in [5.74, 6) is 3.84. The fourth-order valence-electron chi connectivity index (χ4n) is 3.41. The van der Waals surface area contributed by atoms with Gasteiger partial charge in [0.05, 0.1) is 12.2 Å². The number of fused-ring (bicyclic) bond motifs is 1. The van der Waals surface area contributed by atoms with Gasteiger partial charge >= 0.3 is 5.97 Å². The Labute approximate surface area is 165 Å². The summed E-state index contributed by atoms with van der Waals surface area (Å²) in [7, 11) is -1.60. The highest BCUT2D eigenvalue weighted by Gasteiger charge is 2.40. The number of aliphatic hydroxyl groups excluding tert-OH is 1. The van der Waals surface area contributed by atoms with Crippen molar-refractivity contribution in [2.45, 2.75) is 84.7 Å². The molecule has 0 atom stereocenters. The molecule has 0 saturated carbocycles. The predicted octanol–water partition coefficient (Wildman–Crippen LogP) is 5.25. The Bertz CT molecular complexity index is 751. The molecule has 0 bridgehead atoms. The highest BCUT2D eigenvalue weighted by molar-refractivity contribution is 6.87. The zero-order valence-electron chi connectivity index (χ0n) is 17.7. The van der Waals surface area contributed by atoms with E-state index in [0.29, 0.717) is 23.1 Å². The lowest BCUT2D eigenvalue weighted by Crippen LogP contribution is -2.41. The molecular weight excluding hydrogens is 352 g/mol. The quantitative estimate of drug-likeness (QED) is 0.301. The molecule has 1 aliphatic heterocycles. The monoisotopic (exact) mass is 386 g/mol. The molecule has 2 rings (SSSR count). The minimum atomic E-state index is -1.60. The van der Waals surface area contributed by atoms with Crippen LogP contribution in [-0.4, -0.2) is 19.1 Å². The number of ether oxygens (including phenoxy) is 1. The molecule has 1 heterocycles. The smallest absolute Gasteiger partial charge is 0.339 e. The van der Waals surface area contributed by atoms with Crippen LogP contribution in [0.25, 0.3) is 0 Å². The second-order valence-corrected chi connectivity index (χ2v) is 13.8. The van der Waals surface area contributed by atoms with Gasteiger partial charge in [0.2, 0.25) is 0 Å². The third-order valence-electron chi connectivity index (χ3n) is 6.56. The largest absolute Gasteiger partial charge is 0.457 e. The average molecular weight is 387 g/mol. The standard InChI is InChI=1S/C23H34O3Si/c1-17(2)23(3,4)27(5,6)12-10-8-7-9-11-19-13-18(15-24)14-20-16-26-22(25)21(19)20/h13-14,17,24H,7-9,11,15-16H2,1-6H3. The molecule has 0 amide bonds. The van der Waals surface area contributed by atoms with E-state index in [4.69, 9.17) is 4.74 Å². The topological polar surface area (TPSA) is 46.5 Å². The predicted molar refractivity (Wildman–Crippen MR) is 113 cm³/mol. The van der Waals surface area contributed by atoms with Gasteiger partial charge in [-0.1, -0.05) is 46.9 Å². The fourth-order valence-corrected chi connectivity index (χ4v) is 5.75. The number of hydrogen-bond donors (Lipinski definition) is 1. The second kappa shape index (κ2) is 8.62. The van der Waals surface area contributed by atoms with Crippen molar-refractivity contribution in [3.63, 3.8) is 0 Å². The van der Waals surface area contributed by atoms with Gasteiger partial charge in [-0.2, -0.15) is 0 Å². The van der Waals surface area contributed by atoms with Crippen LogP contribution >= 0.6 is 0 Å². The van der Waals surface area contributed by atoms with E-state index in [-0.39, 0.29) is 12.6 Å². The summed E-state index contributed by atoms with van der Waals surface area (Å²) in [5.41, 5.74) is 7.10. The van der Waals surface area contributed by atoms with Crippen LogP contribution in [0.15, 0.2) is 12.1 Å². The van der Waals surface area contributed by atoms with Gasteiger partial charge in [-0.25, -0.2) is 4.79 Å². The number of aryl methyl sites for hydroxylation is 1. The van der Waals surface area contributed by atoms with Crippen LogP contribution in [-0.2, 0) is 24.4 Å². The number of aliphatic hydroxyl groups is 1. The zero-order chi connectivity index (χ0) is 20.2. The minimum Gasteiger partial charge on any atom is -0.457 e. The molecule has 27 heavy (non-hydrogen) atoms. The van der Waals surface area contributed by atoms with Crippen molar-refractivity contribution in [1.82, 2.24) is 0 Å². The lowest BCUT2D eigenvalue weighted by Gasteiger charge is -2.39. The van der Waals surface area contributed by atoms with E-state index >= 15 is 0 Å². The summed E-state index contributed by atoms with van der Waals surface area (Å²) in [4.78, 5) is 12.0. The Morgan fingerprint density at radius 3 is 2.59 bits per heavy atom. The average Bonchev–Trinajstić information content (AvgIpc) is 2.98. The molecule has 148 valence electrons. The molecule has 0 unspecified atom stereocenters. The van der Waals surface area contributed by atoms with Crippen molar-refractivity contribution in [2.24, 2.45) is 5.92 Å². The van der Waals surface area contributed by atoms with Gasteiger partial charge in [0.15, 0.2) is 0 Å². The number of carbonyl (C=O) groups excluding carboxylic acids is 1. The van der Waals surface area contributed by atoms with Crippen molar-refractivity contribution in [1.29, 1.82) is 0 Å². The Hall–Kier alpha value is -1.57. The molecule has 4 heteroatoms. The Morgan fingerprint density at radius 2 is 1.96 bits per heavy atom. The van der Waals surface area contributed by atoms with E-state index in [2.05, 4.69) is 52.3 Å². The van der Waals surface area contributed by atoms with Crippen LogP contribution in [0.2, 0.25) is 18.1 Å². The third kappa shape index (κ3) is 4.83. The summed E-state index contributed by atoms with van der Waals surface area (Å²) in [6, 6.07) is 3.82. The van der Waals surface area contributed by atoms with Gasteiger partial charge in [-0.05, 0) is 47.4 Å². The first kappa shape index (κ1) is 21.7. The van der Waals surface area contributed by atoms with Gasteiger partial charge < -0.3 is 9.84 Å². The van der Waals surface area contributed by atoms with E-state index < -0.39 is 8.07 Å². The van der Waals surface area contributed by atoms with Crippen molar-refractivity contribution < 1.29 is 14.6 Å². The summed E-state index contributed by atoms with van der Waals surface area (Å²) in [5, 5.41) is 9.74. The van der Waals surface area contributed by atoms with Gasteiger partial charge in [-0.3, -0.25) is 0 Å². The minimum absolute atomic E-state index is 0.00864. The van der Waals surface area contributed by atoms with Gasteiger partial charge in [-0.15, -0.1) is 11.5 Å². The Morgan fingerprint density at radius 1 is 1.26 bits per heavy atom. The summed E-state index contributed by atoms with van der Waals surface area (Å²) >= 11 is 0. The molecule has 0 radical (unpaired) electrons. The number of hydrogen-bond acceptors (Lipinski definition) is 3. The van der Waals surface area contributed by atoms with Crippen molar-refractivity contribution in [2.75, 3.05) is 0 Å². The second-order valence-electron chi connectivity index (χ2n) is 9.03. The van der Waals surface area contributed by atoms with Crippen molar-refractivity contribution in [3.8, 4) is 11.5 Å². The first-order chi connectivity index (χ1) is 12.6. The highest BCUT2D eigenvalue weighted by atomic mass is 28.3. The van der Waals surface area contributed by atoms with Crippen LogP contribution in [0.4, 0.5) is 0 Å². The molecule has 0 saturated heterocycles. The normalized spacial score (nSPS) is 14.0. The first-order valence-electron chi connectivity index (χ1n) is 10.0. The molecule has 0 fully saturated rings. The molecular formula is C23H34O3Si. The summed E-state index contributed by atoms with van der Waals surface area (Å²) in [6.07, 6.45) is 3.73. The fraction of sp³-hybridized carbons (Fsp3) is 0.609. The van der Waals surface area contributed by atoms with Gasteiger partial charge in [0.1, 0.15) is 14.7 Å². The summed E-state index contributed by atoms with van der Waals surface area (Å²) in [6.45, 7) is 14.3. The number of cyclic esters (lactones) is 1. The maximum absolute atomic E-state index is 12.0. The van der Waals surface area contributed by atoms with Gasteiger partial charge in [0.25, 0.3) is 0 Å². The van der Waals surface area contributed by atoms with E-state index in [1.165, 1.54) is 0 Å². The maximum atomic E-state index is 12.0. The number of unbranched alkanes of at least 4 members (excludes halogenated alkanes) is 2. The lowest BCUT2D eigenvalue weighted by atomic mass is 9.95. The van der Waals surface area contributed by atoms with Crippen molar-refractivity contribution in [3.05, 3.63) is 34.4 Å². The van der Waals surface area contributed by atoms with E-state index in [1.54, 1.807) is 0 Å². The molecule has 1 aliphatic rings. The molecule has 3 nitrogen and oxygen atoms in total. The van der Waals surface area contributed by atoms with Crippen molar-refractivity contribution >= 4 is 14.0 Å². The summed E-state index contributed by atoms with van der Waals surface area (Å²) < 4.78 is 5.16. The molecule has 0 aromatic heterocycles. The highest BCUT2D eigenvalue weighted by Crippen LogP contribution is 2.43.